The van der Waals surface area contributed by atoms with Crippen molar-refractivity contribution in [2.24, 2.45) is 0 Å². The van der Waals surface area contributed by atoms with E-state index in [0.29, 0.717) is 36.8 Å². The van der Waals surface area contributed by atoms with Crippen molar-refractivity contribution in [2.45, 2.75) is 122 Å². The number of likely N-dealkylation sites (tertiary alicyclic amines) is 1. The number of hydrogen-bond donors (Lipinski definition) is 3. The summed E-state index contributed by atoms with van der Waals surface area (Å²) in [5.74, 6) is -3.34. The van der Waals surface area contributed by atoms with Gasteiger partial charge in [-0.3, -0.25) is 14.4 Å². The maximum atomic E-state index is 14.3. The van der Waals surface area contributed by atoms with Crippen LogP contribution in [-0.4, -0.2) is 83.1 Å². The third kappa shape index (κ3) is 14.6. The number of nitrogens with one attached hydrogen (secondary N) is 3. The second kappa shape index (κ2) is 21.5. The molecular weight excluding hydrogens is 798 g/mol. The van der Waals surface area contributed by atoms with Gasteiger partial charge in [0.15, 0.2) is 0 Å². The summed E-state index contributed by atoms with van der Waals surface area (Å²) in [4.78, 5) is 82.3. The Bertz CT molecular complexity index is 1960. The van der Waals surface area contributed by atoms with Gasteiger partial charge < -0.3 is 35.1 Å². The van der Waals surface area contributed by atoms with Gasteiger partial charge in [-0.1, -0.05) is 67.6 Å². The number of nitrogens with zero attached hydrogens (tertiary/aromatic N) is 1. The monoisotopic (exact) mass is 852 g/mol. The van der Waals surface area contributed by atoms with Crippen molar-refractivity contribution in [3.05, 3.63) is 107 Å². The first-order chi connectivity index (χ1) is 28.8. The van der Waals surface area contributed by atoms with Crippen LogP contribution in [0.1, 0.15) is 100 Å². The van der Waals surface area contributed by atoms with Crippen molar-refractivity contribution in [1.82, 2.24) is 20.9 Å². The lowest BCUT2D eigenvalue weighted by molar-refractivity contribution is -0.155. The largest absolute Gasteiger partial charge is 0.462 e. The van der Waals surface area contributed by atoms with E-state index in [1.54, 1.807) is 82.3 Å². The molecule has 1 saturated heterocycles. The Morgan fingerprint density at radius 1 is 0.787 bits per heavy atom. The molecule has 0 bridgehead atoms. The predicted octanol–water partition coefficient (Wildman–Crippen LogP) is 6.67. The Balaban J connectivity index is 1.51. The first-order valence-corrected chi connectivity index (χ1v) is 20.3. The van der Waals surface area contributed by atoms with Gasteiger partial charge >= 0.3 is 24.2 Å². The zero-order valence-corrected chi connectivity index (χ0v) is 35.1. The molecule has 0 radical (unpaired) electrons. The molecule has 1 aliphatic rings. The zero-order chi connectivity index (χ0) is 44.8. The van der Waals surface area contributed by atoms with E-state index >= 15 is 0 Å². The highest BCUT2D eigenvalue weighted by Crippen LogP contribution is 2.30. The minimum atomic E-state index is -4.60. The highest BCUT2D eigenvalue weighted by atomic mass is 19.4. The Morgan fingerprint density at radius 3 is 2.03 bits per heavy atom. The highest BCUT2D eigenvalue weighted by Gasteiger charge is 2.42. The van der Waals surface area contributed by atoms with Crippen molar-refractivity contribution in [3.8, 4) is 0 Å². The van der Waals surface area contributed by atoms with Crippen molar-refractivity contribution in [2.75, 3.05) is 13.2 Å². The maximum Gasteiger partial charge on any atom is 0.416 e. The van der Waals surface area contributed by atoms with Crippen molar-refractivity contribution >= 4 is 35.8 Å². The standard InChI is InChI=1S/C45H55F3N4O9/c1-6-44(5,51-37(53)34(50-42(58)61-43(2,3)4)20-13-14-27-59-39(55)32-18-11-8-12-19-32)41(57)49-35(28-30-22-24-33(25-23-30)45(46,47)48)38(54)52-26-15-21-36(52)40(56)60-29-31-16-9-7-10-17-31/h7-12,16-19,22-25,34-36H,6,13-15,20-21,26-29H2,1-5H3,(H,49,57)(H,50,58)(H,51,53)/t34-,35?,36+,44?/m0/s1. The quantitative estimate of drug-likeness (QED) is 0.0719. The van der Waals surface area contributed by atoms with Crippen molar-refractivity contribution < 1.29 is 56.1 Å². The van der Waals surface area contributed by atoms with Crippen LogP contribution >= 0.6 is 0 Å². The van der Waals surface area contributed by atoms with Crippen LogP contribution in [0, 0.1) is 0 Å². The lowest BCUT2D eigenvalue weighted by Gasteiger charge is -2.34. The summed E-state index contributed by atoms with van der Waals surface area (Å²) in [6.45, 7) is 8.21. The number of alkyl halides is 3. The molecule has 1 aliphatic heterocycles. The number of benzene rings is 3. The van der Waals surface area contributed by atoms with Crippen LogP contribution in [0.4, 0.5) is 18.0 Å². The van der Waals surface area contributed by atoms with Crippen LogP contribution < -0.4 is 16.0 Å². The highest BCUT2D eigenvalue weighted by molar-refractivity contribution is 5.97. The van der Waals surface area contributed by atoms with Gasteiger partial charge in [-0.2, -0.15) is 13.2 Å². The number of amides is 4. The second-order valence-corrected chi connectivity index (χ2v) is 16.1. The fourth-order valence-electron chi connectivity index (χ4n) is 6.54. The number of alkyl carbamates (subject to hydrolysis) is 1. The molecule has 3 N–H and O–H groups in total. The van der Waals surface area contributed by atoms with E-state index in [1.165, 1.54) is 24.0 Å². The molecule has 2 unspecified atom stereocenters. The van der Waals surface area contributed by atoms with Gasteiger partial charge in [0.25, 0.3) is 0 Å². The number of esters is 2. The summed E-state index contributed by atoms with van der Waals surface area (Å²) < 4.78 is 56.5. The molecule has 61 heavy (non-hydrogen) atoms. The molecule has 13 nitrogen and oxygen atoms in total. The first kappa shape index (κ1) is 47.7. The normalized spacial score (nSPS) is 16.0. The summed E-state index contributed by atoms with van der Waals surface area (Å²) in [5, 5.41) is 8.01. The molecule has 0 aromatic heterocycles. The van der Waals surface area contributed by atoms with Crippen molar-refractivity contribution in [3.63, 3.8) is 0 Å². The van der Waals surface area contributed by atoms with Crippen molar-refractivity contribution in [1.29, 1.82) is 0 Å². The van der Waals surface area contributed by atoms with Crippen LogP contribution in [0.15, 0.2) is 84.9 Å². The van der Waals surface area contributed by atoms with Gasteiger partial charge in [0.05, 0.1) is 17.7 Å². The first-order valence-electron chi connectivity index (χ1n) is 20.3. The minimum absolute atomic E-state index is 0.0124. The zero-order valence-electron chi connectivity index (χ0n) is 35.1. The minimum Gasteiger partial charge on any atom is -0.462 e. The number of hydrogen-bond acceptors (Lipinski definition) is 9. The molecule has 4 atom stereocenters. The van der Waals surface area contributed by atoms with Crippen LogP contribution in [0.5, 0.6) is 0 Å². The topological polar surface area (TPSA) is 169 Å². The fourth-order valence-corrected chi connectivity index (χ4v) is 6.54. The lowest BCUT2D eigenvalue weighted by Crippen LogP contribution is -2.63. The number of ether oxygens (including phenoxy) is 3. The second-order valence-electron chi connectivity index (χ2n) is 16.1. The Hall–Kier alpha value is -5.93. The van der Waals surface area contributed by atoms with Crippen LogP contribution in [-0.2, 0) is 52.6 Å². The van der Waals surface area contributed by atoms with Crippen LogP contribution in [0.25, 0.3) is 0 Å². The summed E-state index contributed by atoms with van der Waals surface area (Å²) in [7, 11) is 0. The van der Waals surface area contributed by atoms with E-state index in [4.69, 9.17) is 14.2 Å². The molecular formula is C45H55F3N4O9. The molecule has 330 valence electrons. The summed E-state index contributed by atoms with van der Waals surface area (Å²) >= 11 is 0. The SMILES string of the molecule is CCC(C)(NC(=O)[C@H](CCCCOC(=O)c1ccccc1)NC(=O)OC(C)(C)C)C(=O)NC(Cc1ccc(C(F)(F)F)cc1)C(=O)N1CCC[C@@H]1C(=O)OCc1ccccc1. The summed E-state index contributed by atoms with van der Waals surface area (Å²) in [5.41, 5.74) is -2.04. The van der Waals surface area contributed by atoms with Crippen LogP contribution in [0.2, 0.25) is 0 Å². The average Bonchev–Trinajstić information content (AvgIpc) is 3.72. The third-order valence-electron chi connectivity index (χ3n) is 10.1. The van der Waals surface area contributed by atoms with Gasteiger partial charge in [0, 0.05) is 13.0 Å². The predicted molar refractivity (Wildman–Crippen MR) is 219 cm³/mol. The fraction of sp³-hybridized carbons (Fsp3) is 0.467. The Morgan fingerprint density at radius 2 is 1.43 bits per heavy atom. The van der Waals surface area contributed by atoms with Gasteiger partial charge in [0.1, 0.15) is 35.9 Å². The summed E-state index contributed by atoms with van der Waals surface area (Å²) in [6, 6.07) is 18.0. The number of carbonyl (C=O) groups excluding carboxylic acids is 6. The maximum absolute atomic E-state index is 14.3. The average molecular weight is 853 g/mol. The Kier molecular flexibility index (Phi) is 16.9. The molecule has 1 heterocycles. The molecule has 16 heteroatoms. The molecule has 3 aromatic carbocycles. The molecule has 3 aromatic rings. The van der Waals surface area contributed by atoms with Gasteiger partial charge in [-0.05, 0) is 102 Å². The van der Waals surface area contributed by atoms with Crippen LogP contribution in [0.3, 0.4) is 0 Å². The molecule has 4 rings (SSSR count). The third-order valence-corrected chi connectivity index (χ3v) is 10.1. The molecule has 0 aliphatic carbocycles. The number of unbranched alkanes of at least 4 members (excludes halogenated alkanes) is 1. The van der Waals surface area contributed by atoms with E-state index < -0.39 is 76.8 Å². The number of halogens is 3. The number of carbonyl (C=O) groups is 6. The molecule has 0 saturated carbocycles. The van der Waals surface area contributed by atoms with E-state index in [0.717, 1.165) is 17.7 Å². The lowest BCUT2D eigenvalue weighted by atomic mass is 9.94. The van der Waals surface area contributed by atoms with Gasteiger partial charge in [-0.25, -0.2) is 14.4 Å². The van der Waals surface area contributed by atoms with E-state index in [9.17, 15) is 41.9 Å². The smallest absolute Gasteiger partial charge is 0.416 e. The van der Waals surface area contributed by atoms with E-state index in [2.05, 4.69) is 16.0 Å². The number of rotatable bonds is 18. The molecule has 4 amide bonds. The van der Waals surface area contributed by atoms with Gasteiger partial charge in [0.2, 0.25) is 17.7 Å². The van der Waals surface area contributed by atoms with E-state index in [1.807, 2.05) is 6.07 Å². The Labute approximate surface area is 354 Å². The van der Waals surface area contributed by atoms with E-state index in [-0.39, 0.29) is 39.0 Å². The molecule has 0 spiro atoms. The summed E-state index contributed by atoms with van der Waals surface area (Å²) in [6.07, 6.45) is -4.22. The van der Waals surface area contributed by atoms with Gasteiger partial charge in [-0.15, -0.1) is 0 Å². The molecule has 1 fully saturated rings.